The summed E-state index contributed by atoms with van der Waals surface area (Å²) >= 11 is 0. The maximum atomic E-state index is 10.6. The van der Waals surface area contributed by atoms with Gasteiger partial charge in [-0.05, 0) is 11.5 Å². The van der Waals surface area contributed by atoms with Gasteiger partial charge in [0.2, 0.25) is 0 Å². The molecule has 0 fully saturated rings. The Morgan fingerprint density at radius 2 is 1.83 bits per heavy atom. The van der Waals surface area contributed by atoms with Crippen LogP contribution in [0.25, 0.3) is 5.57 Å². The quantitative estimate of drug-likeness (QED) is 0.608. The zero-order valence-corrected chi connectivity index (χ0v) is 7.37. The lowest BCUT2D eigenvalue weighted by Crippen LogP contribution is -1.93. The van der Waals surface area contributed by atoms with Crippen LogP contribution < -0.4 is 0 Å². The summed E-state index contributed by atoms with van der Waals surface area (Å²) in [6.45, 7) is 3.99. The van der Waals surface area contributed by atoms with Gasteiger partial charge in [0, 0.05) is 5.57 Å². The molecule has 0 heterocycles. The summed E-state index contributed by atoms with van der Waals surface area (Å²) in [4.78, 5) is 10.6. The summed E-state index contributed by atoms with van der Waals surface area (Å²) in [5, 5.41) is 0. The third-order valence-electron chi connectivity index (χ3n) is 1.77. The summed E-state index contributed by atoms with van der Waals surface area (Å²) in [5.74, 6) is 2.23. The van der Waals surface area contributed by atoms with Crippen LogP contribution in [0, 0.1) is 5.92 Å². The first-order valence-electron chi connectivity index (χ1n) is 4.06. The second-order valence-corrected chi connectivity index (χ2v) is 3.04. The van der Waals surface area contributed by atoms with Crippen LogP contribution in [-0.4, -0.2) is 5.94 Å². The number of rotatable bonds is 2. The Kier molecular flexibility index (Phi) is 2.84. The van der Waals surface area contributed by atoms with E-state index in [1.165, 1.54) is 0 Å². The average molecular weight is 160 g/mol. The molecule has 1 heteroatoms. The minimum Gasteiger partial charge on any atom is -0.233 e. The van der Waals surface area contributed by atoms with Gasteiger partial charge in [-0.15, -0.1) is 0 Å². The van der Waals surface area contributed by atoms with Gasteiger partial charge in [0.15, 0.2) is 0 Å². The average Bonchev–Trinajstić information content (AvgIpc) is 2.07. The van der Waals surface area contributed by atoms with Crippen LogP contribution in [0.2, 0.25) is 0 Å². The molecule has 0 aliphatic heterocycles. The van der Waals surface area contributed by atoms with Gasteiger partial charge in [-0.2, -0.15) is 0 Å². The van der Waals surface area contributed by atoms with Crippen molar-refractivity contribution in [2.45, 2.75) is 13.8 Å². The molecule has 0 spiro atoms. The fourth-order valence-corrected chi connectivity index (χ4v) is 1.13. The predicted molar refractivity (Wildman–Crippen MR) is 50.4 cm³/mol. The Morgan fingerprint density at radius 1 is 1.25 bits per heavy atom. The molecule has 62 valence electrons. The summed E-state index contributed by atoms with van der Waals surface area (Å²) in [6.07, 6.45) is 0. The van der Waals surface area contributed by atoms with Gasteiger partial charge in [0.25, 0.3) is 0 Å². The molecule has 0 aliphatic carbocycles. The normalized spacial score (nSPS) is 9.58. The van der Waals surface area contributed by atoms with Crippen LogP contribution in [0.1, 0.15) is 19.4 Å². The molecule has 1 aromatic carbocycles. The third-order valence-corrected chi connectivity index (χ3v) is 1.77. The smallest absolute Gasteiger partial charge is 0.128 e. The highest BCUT2D eigenvalue weighted by Crippen LogP contribution is 2.18. The number of benzene rings is 1. The van der Waals surface area contributed by atoms with Crippen LogP contribution in [0.4, 0.5) is 0 Å². The highest BCUT2D eigenvalue weighted by atomic mass is 16.1. The van der Waals surface area contributed by atoms with E-state index in [1.54, 1.807) is 0 Å². The summed E-state index contributed by atoms with van der Waals surface area (Å²) in [5.41, 5.74) is 1.72. The number of hydrogen-bond acceptors (Lipinski definition) is 1. The van der Waals surface area contributed by atoms with Crippen LogP contribution in [0.5, 0.6) is 0 Å². The number of carbonyl (C=O) groups excluding carboxylic acids is 1. The molecule has 0 saturated heterocycles. The van der Waals surface area contributed by atoms with Crippen molar-refractivity contribution in [3.05, 3.63) is 35.9 Å². The van der Waals surface area contributed by atoms with Crippen molar-refractivity contribution in [3.63, 3.8) is 0 Å². The van der Waals surface area contributed by atoms with E-state index in [1.807, 2.05) is 50.1 Å². The van der Waals surface area contributed by atoms with E-state index in [0.29, 0.717) is 0 Å². The Balaban J connectivity index is 3.06. The molecule has 12 heavy (non-hydrogen) atoms. The fraction of sp³-hybridized carbons (Fsp3) is 0.273. The molecule has 0 saturated carbocycles. The molecule has 0 aliphatic rings. The Bertz CT molecular complexity index is 292. The summed E-state index contributed by atoms with van der Waals surface area (Å²) in [7, 11) is 0. The fourth-order valence-electron chi connectivity index (χ4n) is 1.13. The van der Waals surface area contributed by atoms with E-state index in [0.717, 1.165) is 11.1 Å². The molecule has 0 atom stereocenters. The van der Waals surface area contributed by atoms with Gasteiger partial charge < -0.3 is 0 Å². The van der Waals surface area contributed by atoms with E-state index < -0.39 is 0 Å². The van der Waals surface area contributed by atoms with Crippen LogP contribution in [-0.2, 0) is 4.79 Å². The number of allylic oxidation sites excluding steroid dienone is 1. The van der Waals surface area contributed by atoms with Crippen LogP contribution >= 0.6 is 0 Å². The highest BCUT2D eigenvalue weighted by Gasteiger charge is 2.05. The minimum absolute atomic E-state index is 0.241. The second-order valence-electron chi connectivity index (χ2n) is 3.04. The van der Waals surface area contributed by atoms with Crippen molar-refractivity contribution in [1.29, 1.82) is 0 Å². The molecule has 0 radical (unpaired) electrons. The van der Waals surface area contributed by atoms with E-state index in [4.69, 9.17) is 0 Å². The van der Waals surface area contributed by atoms with Gasteiger partial charge in [0.1, 0.15) is 5.94 Å². The number of hydrogen-bond donors (Lipinski definition) is 0. The molecular weight excluding hydrogens is 148 g/mol. The summed E-state index contributed by atoms with van der Waals surface area (Å²) < 4.78 is 0. The van der Waals surface area contributed by atoms with E-state index in [2.05, 4.69) is 0 Å². The molecule has 1 rings (SSSR count). The Hall–Kier alpha value is -1.33. The van der Waals surface area contributed by atoms with E-state index in [9.17, 15) is 4.79 Å². The first-order chi connectivity index (χ1) is 5.75. The summed E-state index contributed by atoms with van der Waals surface area (Å²) in [6, 6.07) is 9.65. The van der Waals surface area contributed by atoms with Gasteiger partial charge in [0.05, 0.1) is 0 Å². The molecular formula is C11H12O. The molecule has 0 bridgehead atoms. The zero-order valence-electron chi connectivity index (χ0n) is 7.37. The predicted octanol–water partition coefficient (Wildman–Crippen LogP) is 2.56. The third kappa shape index (κ3) is 1.84. The van der Waals surface area contributed by atoms with Crippen LogP contribution in [0.3, 0.4) is 0 Å². The van der Waals surface area contributed by atoms with Crippen molar-refractivity contribution in [2.75, 3.05) is 0 Å². The van der Waals surface area contributed by atoms with Crippen molar-refractivity contribution in [3.8, 4) is 0 Å². The highest BCUT2D eigenvalue weighted by molar-refractivity contribution is 5.88. The molecule has 1 nitrogen and oxygen atoms in total. The van der Waals surface area contributed by atoms with Gasteiger partial charge in [-0.3, -0.25) is 0 Å². The van der Waals surface area contributed by atoms with Crippen molar-refractivity contribution in [2.24, 2.45) is 5.92 Å². The first kappa shape index (κ1) is 8.76. The first-order valence-corrected chi connectivity index (χ1v) is 4.06. The topological polar surface area (TPSA) is 17.1 Å². The Labute approximate surface area is 72.7 Å². The Morgan fingerprint density at radius 3 is 2.25 bits per heavy atom. The van der Waals surface area contributed by atoms with E-state index >= 15 is 0 Å². The van der Waals surface area contributed by atoms with Crippen LogP contribution in [0.15, 0.2) is 30.3 Å². The maximum absolute atomic E-state index is 10.6. The van der Waals surface area contributed by atoms with Gasteiger partial charge in [-0.25, -0.2) is 4.79 Å². The second kappa shape index (κ2) is 3.89. The van der Waals surface area contributed by atoms with Crippen molar-refractivity contribution in [1.82, 2.24) is 0 Å². The molecule has 0 aromatic heterocycles. The SMILES string of the molecule is CC(C)C(=C=O)c1ccccc1. The maximum Gasteiger partial charge on any atom is 0.128 e. The molecule has 0 amide bonds. The monoisotopic (exact) mass is 160 g/mol. The lowest BCUT2D eigenvalue weighted by Gasteiger charge is -2.05. The van der Waals surface area contributed by atoms with Crippen molar-refractivity contribution < 1.29 is 4.79 Å². The lowest BCUT2D eigenvalue weighted by molar-refractivity contribution is 0.568. The standard InChI is InChI=1S/C11H12O/c1-9(2)11(8-12)10-6-4-3-5-7-10/h3-7,9H,1-2H3. The molecule has 0 N–H and O–H groups in total. The van der Waals surface area contributed by atoms with Crippen molar-refractivity contribution >= 4 is 11.5 Å². The lowest BCUT2D eigenvalue weighted by atomic mass is 9.97. The largest absolute Gasteiger partial charge is 0.233 e. The zero-order chi connectivity index (χ0) is 8.97. The van der Waals surface area contributed by atoms with Gasteiger partial charge in [-0.1, -0.05) is 44.2 Å². The van der Waals surface area contributed by atoms with E-state index in [-0.39, 0.29) is 5.92 Å². The molecule has 1 aromatic rings. The minimum atomic E-state index is 0.241. The molecule has 0 unspecified atom stereocenters. The van der Waals surface area contributed by atoms with Gasteiger partial charge >= 0.3 is 0 Å².